The van der Waals surface area contributed by atoms with Crippen molar-refractivity contribution in [3.05, 3.63) is 54.1 Å². The predicted molar refractivity (Wildman–Crippen MR) is 92.1 cm³/mol. The number of amides is 2. The Morgan fingerprint density at radius 2 is 1.74 bits per heavy atom. The van der Waals surface area contributed by atoms with Crippen LogP contribution in [0, 0.1) is 0 Å². The fraction of sp³-hybridized carbons (Fsp3) is 0.263. The van der Waals surface area contributed by atoms with E-state index in [0.29, 0.717) is 29.8 Å². The van der Waals surface area contributed by atoms with Gasteiger partial charge in [-0.1, -0.05) is 24.3 Å². The fourth-order valence-corrected chi connectivity index (χ4v) is 2.79. The number of benzene rings is 2. The maximum atomic E-state index is 12.5. The molecule has 2 amide bonds. The summed E-state index contributed by atoms with van der Waals surface area (Å²) >= 11 is 0. The molecule has 5 nitrogen and oxygen atoms in total. The van der Waals surface area contributed by atoms with Gasteiger partial charge in [0, 0.05) is 25.7 Å². The Kier molecular flexibility index (Phi) is 5.07. The van der Waals surface area contributed by atoms with Gasteiger partial charge in [-0.15, -0.1) is 13.2 Å². The molecule has 0 N–H and O–H groups in total. The van der Waals surface area contributed by atoms with Gasteiger partial charge in [-0.2, -0.15) is 0 Å². The zero-order valence-corrected chi connectivity index (χ0v) is 14.5. The quantitative estimate of drug-likeness (QED) is 0.824. The van der Waals surface area contributed by atoms with Crippen LogP contribution < -0.4 is 4.74 Å². The van der Waals surface area contributed by atoms with Gasteiger partial charge in [-0.25, -0.2) is 0 Å². The van der Waals surface area contributed by atoms with Crippen molar-refractivity contribution in [3.63, 3.8) is 0 Å². The number of carbonyl (C=O) groups excluding carboxylic acids is 2. The number of ether oxygens (including phenoxy) is 1. The van der Waals surface area contributed by atoms with Gasteiger partial charge in [0.05, 0.1) is 0 Å². The molecule has 1 saturated heterocycles. The van der Waals surface area contributed by atoms with Crippen LogP contribution >= 0.6 is 0 Å². The van der Waals surface area contributed by atoms with Crippen LogP contribution in [0.4, 0.5) is 13.2 Å². The van der Waals surface area contributed by atoms with Crippen molar-refractivity contribution < 1.29 is 27.5 Å². The Morgan fingerprint density at radius 3 is 2.37 bits per heavy atom. The smallest absolute Gasteiger partial charge is 0.406 e. The number of piperazine rings is 1. The lowest BCUT2D eigenvalue weighted by atomic mass is 10.0. The summed E-state index contributed by atoms with van der Waals surface area (Å²) in [5.74, 6) is -0.680. The van der Waals surface area contributed by atoms with Crippen LogP contribution in [-0.4, -0.2) is 54.7 Å². The average Bonchev–Trinajstić information content (AvgIpc) is 2.62. The number of nitrogens with zero attached hydrogens (tertiary/aromatic N) is 2. The van der Waals surface area contributed by atoms with Crippen molar-refractivity contribution >= 4 is 11.8 Å². The molecule has 27 heavy (non-hydrogen) atoms. The maximum absolute atomic E-state index is 12.5. The predicted octanol–water partition coefficient (Wildman–Crippen LogP) is 3.17. The molecule has 0 atom stereocenters. The number of hydrogen-bond acceptors (Lipinski definition) is 3. The first-order valence-corrected chi connectivity index (χ1v) is 8.22. The van der Waals surface area contributed by atoms with Crippen LogP contribution in [0.2, 0.25) is 0 Å². The highest BCUT2D eigenvalue weighted by Gasteiger charge is 2.31. The number of rotatable bonds is 3. The third-order valence-electron chi connectivity index (χ3n) is 4.28. The Hall–Kier alpha value is -3.03. The summed E-state index contributed by atoms with van der Waals surface area (Å²) < 4.78 is 41.0. The van der Waals surface area contributed by atoms with E-state index in [1.54, 1.807) is 42.3 Å². The molecule has 0 spiro atoms. The number of carbonyl (C=O) groups is 2. The lowest BCUT2D eigenvalue weighted by Gasteiger charge is -2.32. The van der Waals surface area contributed by atoms with Gasteiger partial charge in [-0.3, -0.25) is 9.59 Å². The molecule has 0 unspecified atom stereocenters. The van der Waals surface area contributed by atoms with Gasteiger partial charge >= 0.3 is 6.36 Å². The molecule has 3 rings (SSSR count). The minimum atomic E-state index is -4.76. The molecular weight excluding hydrogens is 361 g/mol. The van der Waals surface area contributed by atoms with Crippen molar-refractivity contribution in [3.8, 4) is 16.9 Å². The molecule has 8 heteroatoms. The third kappa shape index (κ3) is 4.58. The first kappa shape index (κ1) is 18.8. The average molecular weight is 378 g/mol. The van der Waals surface area contributed by atoms with E-state index in [9.17, 15) is 22.8 Å². The molecule has 1 heterocycles. The molecule has 0 saturated carbocycles. The Balaban J connectivity index is 1.75. The standard InChI is InChI=1S/C19H17F3N2O3/c1-23-9-10-24(12-17(23)25)18(26)14-7-5-13(6-8-14)15-3-2-4-16(11-15)27-19(20,21)22/h2-8,11H,9-10,12H2,1H3. The zero-order valence-electron chi connectivity index (χ0n) is 14.5. The van der Waals surface area contributed by atoms with Crippen molar-refractivity contribution in [2.24, 2.45) is 0 Å². The van der Waals surface area contributed by atoms with Crippen molar-refractivity contribution in [1.29, 1.82) is 0 Å². The largest absolute Gasteiger partial charge is 0.573 e. The van der Waals surface area contributed by atoms with E-state index >= 15 is 0 Å². The number of alkyl halides is 3. The van der Waals surface area contributed by atoms with Crippen LogP contribution in [0.25, 0.3) is 11.1 Å². The SMILES string of the molecule is CN1CCN(C(=O)c2ccc(-c3cccc(OC(F)(F)F)c3)cc2)CC1=O. The highest BCUT2D eigenvalue weighted by molar-refractivity contribution is 5.97. The molecule has 1 aliphatic heterocycles. The van der Waals surface area contributed by atoms with Gasteiger partial charge in [-0.05, 0) is 35.4 Å². The summed E-state index contributed by atoms with van der Waals surface area (Å²) in [6.07, 6.45) is -4.76. The van der Waals surface area contributed by atoms with E-state index < -0.39 is 6.36 Å². The highest BCUT2D eigenvalue weighted by atomic mass is 19.4. The number of likely N-dealkylation sites (N-methyl/N-ethyl adjacent to an activating group) is 1. The Labute approximate surface area is 153 Å². The highest BCUT2D eigenvalue weighted by Crippen LogP contribution is 2.28. The number of hydrogen-bond donors (Lipinski definition) is 0. The van der Waals surface area contributed by atoms with Gasteiger partial charge in [0.1, 0.15) is 12.3 Å². The van der Waals surface area contributed by atoms with E-state index in [0.717, 1.165) is 0 Å². The Morgan fingerprint density at radius 1 is 1.04 bits per heavy atom. The van der Waals surface area contributed by atoms with Crippen LogP contribution in [0.3, 0.4) is 0 Å². The minimum Gasteiger partial charge on any atom is -0.406 e. The summed E-state index contributed by atoms with van der Waals surface area (Å²) in [4.78, 5) is 27.3. The fourth-order valence-electron chi connectivity index (χ4n) is 2.79. The van der Waals surface area contributed by atoms with Crippen LogP contribution in [0.1, 0.15) is 10.4 Å². The van der Waals surface area contributed by atoms with Crippen LogP contribution in [-0.2, 0) is 4.79 Å². The molecule has 142 valence electrons. The summed E-state index contributed by atoms with van der Waals surface area (Å²) in [6, 6.07) is 12.1. The molecule has 1 fully saturated rings. The number of halogens is 3. The molecule has 1 aliphatic rings. The van der Waals surface area contributed by atoms with Crippen molar-refractivity contribution in [2.75, 3.05) is 26.7 Å². The second-order valence-corrected chi connectivity index (χ2v) is 6.19. The van der Waals surface area contributed by atoms with Crippen molar-refractivity contribution in [2.45, 2.75) is 6.36 Å². The molecule has 0 aromatic heterocycles. The van der Waals surface area contributed by atoms with E-state index in [1.165, 1.54) is 23.1 Å². The van der Waals surface area contributed by atoms with E-state index in [1.807, 2.05) is 0 Å². The molecule has 2 aromatic carbocycles. The topological polar surface area (TPSA) is 49.9 Å². The molecular formula is C19H17F3N2O3. The van der Waals surface area contributed by atoms with Gasteiger partial charge < -0.3 is 14.5 Å². The summed E-state index contributed by atoms with van der Waals surface area (Å²) in [7, 11) is 1.69. The summed E-state index contributed by atoms with van der Waals surface area (Å²) in [5, 5.41) is 0. The zero-order chi connectivity index (χ0) is 19.6. The lowest BCUT2D eigenvalue weighted by molar-refractivity contribution is -0.274. The van der Waals surface area contributed by atoms with Crippen LogP contribution in [0.5, 0.6) is 5.75 Å². The molecule has 2 aromatic rings. The summed E-state index contributed by atoms with van der Waals surface area (Å²) in [5.41, 5.74) is 1.60. The van der Waals surface area contributed by atoms with Crippen molar-refractivity contribution in [1.82, 2.24) is 9.80 Å². The minimum absolute atomic E-state index is 0.0356. The van der Waals surface area contributed by atoms with Gasteiger partial charge in [0.25, 0.3) is 5.91 Å². The third-order valence-corrected chi connectivity index (χ3v) is 4.28. The maximum Gasteiger partial charge on any atom is 0.573 e. The van der Waals surface area contributed by atoms with E-state index in [4.69, 9.17) is 0 Å². The monoisotopic (exact) mass is 378 g/mol. The van der Waals surface area contributed by atoms with E-state index in [2.05, 4.69) is 4.74 Å². The van der Waals surface area contributed by atoms with Gasteiger partial charge in [0.15, 0.2) is 0 Å². The lowest BCUT2D eigenvalue weighted by Crippen LogP contribution is -2.50. The molecule has 0 bridgehead atoms. The van der Waals surface area contributed by atoms with Gasteiger partial charge in [0.2, 0.25) is 5.91 Å². The first-order chi connectivity index (χ1) is 12.7. The normalized spacial score (nSPS) is 15.0. The molecule has 0 aliphatic carbocycles. The second-order valence-electron chi connectivity index (χ2n) is 6.19. The molecule has 0 radical (unpaired) electrons. The first-order valence-electron chi connectivity index (χ1n) is 8.22. The Bertz CT molecular complexity index is 850. The van der Waals surface area contributed by atoms with Crippen LogP contribution in [0.15, 0.2) is 48.5 Å². The summed E-state index contributed by atoms with van der Waals surface area (Å²) in [6.45, 7) is 0.974. The second kappa shape index (κ2) is 7.30. The van der Waals surface area contributed by atoms with E-state index in [-0.39, 0.29) is 24.1 Å².